The second-order valence-electron chi connectivity index (χ2n) is 7.14. The maximum absolute atomic E-state index is 12.9. The number of benzene rings is 2. The molecule has 4 nitrogen and oxygen atoms in total. The third-order valence-corrected chi connectivity index (χ3v) is 6.46. The molecular formula is C19H21BrO4S. The minimum Gasteiger partial charge on any atom is -0.490 e. The fourth-order valence-corrected chi connectivity index (χ4v) is 4.31. The van der Waals surface area contributed by atoms with E-state index >= 15 is 0 Å². The first kappa shape index (κ1) is 18.4. The maximum Gasteiger partial charge on any atom is 0.206 e. The van der Waals surface area contributed by atoms with E-state index in [0.717, 1.165) is 5.56 Å². The lowest BCUT2D eigenvalue weighted by Crippen LogP contribution is -2.11. The van der Waals surface area contributed by atoms with E-state index in [1.165, 1.54) is 0 Å². The molecule has 1 heterocycles. The topological polar surface area (TPSA) is 55.9 Å². The van der Waals surface area contributed by atoms with Crippen LogP contribution in [0.1, 0.15) is 26.3 Å². The molecule has 0 bridgehead atoms. The van der Waals surface area contributed by atoms with E-state index in [2.05, 4.69) is 36.7 Å². The van der Waals surface area contributed by atoms with Gasteiger partial charge in [-0.05, 0) is 57.2 Å². The second kappa shape index (κ2) is 6.74. The SMILES string of the molecule is CC(C)(C)c1ccc(S(=O)(=O)c2ccc(OCC3CO3)c(Br)c2)cc1. The molecule has 0 spiro atoms. The molecule has 1 fully saturated rings. The summed E-state index contributed by atoms with van der Waals surface area (Å²) in [4.78, 5) is 0.519. The Morgan fingerprint density at radius 3 is 2.24 bits per heavy atom. The Labute approximate surface area is 157 Å². The van der Waals surface area contributed by atoms with E-state index in [1.807, 2.05) is 12.1 Å². The highest BCUT2D eigenvalue weighted by molar-refractivity contribution is 9.10. The molecule has 1 saturated heterocycles. The first-order valence-electron chi connectivity index (χ1n) is 8.07. The van der Waals surface area contributed by atoms with Crippen LogP contribution in [0.15, 0.2) is 56.7 Å². The first-order chi connectivity index (χ1) is 11.7. The van der Waals surface area contributed by atoms with Gasteiger partial charge < -0.3 is 9.47 Å². The van der Waals surface area contributed by atoms with E-state index in [0.29, 0.717) is 23.4 Å². The van der Waals surface area contributed by atoms with Crippen LogP contribution < -0.4 is 4.74 Å². The number of hydrogen-bond donors (Lipinski definition) is 0. The van der Waals surface area contributed by atoms with Crippen molar-refractivity contribution in [1.82, 2.24) is 0 Å². The summed E-state index contributed by atoms with van der Waals surface area (Å²) in [6.45, 7) is 7.48. The van der Waals surface area contributed by atoms with Crippen molar-refractivity contribution >= 4 is 25.8 Å². The van der Waals surface area contributed by atoms with Crippen LogP contribution in [0.5, 0.6) is 5.75 Å². The third kappa shape index (κ3) is 4.25. The summed E-state index contributed by atoms with van der Waals surface area (Å²) in [5.41, 5.74) is 1.08. The Kier molecular flexibility index (Phi) is 4.97. The lowest BCUT2D eigenvalue weighted by Gasteiger charge is -2.19. The third-order valence-electron chi connectivity index (χ3n) is 4.07. The number of hydrogen-bond acceptors (Lipinski definition) is 4. The van der Waals surface area contributed by atoms with Gasteiger partial charge in [0.15, 0.2) is 0 Å². The molecule has 6 heteroatoms. The lowest BCUT2D eigenvalue weighted by molar-refractivity contribution is 0.261. The highest BCUT2D eigenvalue weighted by Crippen LogP contribution is 2.32. The van der Waals surface area contributed by atoms with Crippen molar-refractivity contribution in [2.45, 2.75) is 42.1 Å². The van der Waals surface area contributed by atoms with Gasteiger partial charge >= 0.3 is 0 Å². The van der Waals surface area contributed by atoms with Crippen molar-refractivity contribution < 1.29 is 17.9 Å². The first-order valence-corrected chi connectivity index (χ1v) is 10.3. The van der Waals surface area contributed by atoms with Crippen molar-refractivity contribution in [1.29, 1.82) is 0 Å². The van der Waals surface area contributed by atoms with Crippen LogP contribution in [0, 0.1) is 0 Å². The van der Waals surface area contributed by atoms with E-state index < -0.39 is 9.84 Å². The summed E-state index contributed by atoms with van der Waals surface area (Å²) in [7, 11) is -3.57. The zero-order chi connectivity index (χ0) is 18.2. The minimum atomic E-state index is -3.57. The summed E-state index contributed by atoms with van der Waals surface area (Å²) in [6, 6.07) is 11.9. The molecule has 25 heavy (non-hydrogen) atoms. The van der Waals surface area contributed by atoms with Crippen LogP contribution in [-0.2, 0) is 20.0 Å². The monoisotopic (exact) mass is 424 g/mol. The number of halogens is 1. The van der Waals surface area contributed by atoms with Crippen molar-refractivity contribution in [3.05, 3.63) is 52.5 Å². The van der Waals surface area contributed by atoms with Crippen molar-refractivity contribution in [2.24, 2.45) is 0 Å². The minimum absolute atomic E-state index is 0.0183. The van der Waals surface area contributed by atoms with Crippen molar-refractivity contribution in [2.75, 3.05) is 13.2 Å². The average Bonchev–Trinajstić information content (AvgIpc) is 3.37. The van der Waals surface area contributed by atoms with Crippen LogP contribution >= 0.6 is 15.9 Å². The van der Waals surface area contributed by atoms with Gasteiger partial charge in [-0.25, -0.2) is 8.42 Å². The van der Waals surface area contributed by atoms with Crippen LogP contribution in [0.2, 0.25) is 0 Å². The highest BCUT2D eigenvalue weighted by atomic mass is 79.9. The Bertz CT molecular complexity index is 863. The Morgan fingerprint density at radius 2 is 1.72 bits per heavy atom. The van der Waals surface area contributed by atoms with Gasteiger partial charge in [0.1, 0.15) is 18.5 Å². The maximum atomic E-state index is 12.9. The highest BCUT2D eigenvalue weighted by Gasteiger charge is 2.24. The molecule has 0 amide bonds. The Balaban J connectivity index is 1.85. The number of epoxide rings is 1. The molecule has 0 saturated carbocycles. The Hall–Kier alpha value is -1.37. The van der Waals surface area contributed by atoms with Gasteiger partial charge in [0.2, 0.25) is 9.84 Å². The van der Waals surface area contributed by atoms with Gasteiger partial charge in [0, 0.05) is 0 Å². The molecular weight excluding hydrogens is 404 g/mol. The molecule has 1 atom stereocenters. The summed E-state index contributed by atoms with van der Waals surface area (Å²) >= 11 is 3.39. The van der Waals surface area contributed by atoms with Gasteiger partial charge in [0.25, 0.3) is 0 Å². The predicted octanol–water partition coefficient (Wildman–Crippen LogP) is 4.36. The summed E-state index contributed by atoms with van der Waals surface area (Å²) in [5, 5.41) is 0. The molecule has 2 aromatic carbocycles. The van der Waals surface area contributed by atoms with Gasteiger partial charge in [0.05, 0.1) is 20.9 Å². The fourth-order valence-electron chi connectivity index (χ4n) is 2.38. The molecule has 3 rings (SSSR count). The zero-order valence-corrected chi connectivity index (χ0v) is 16.9. The Morgan fingerprint density at radius 1 is 1.12 bits per heavy atom. The van der Waals surface area contributed by atoms with E-state index in [9.17, 15) is 8.42 Å². The second-order valence-corrected chi connectivity index (χ2v) is 9.94. The standard InChI is InChI=1S/C19H21BrO4S/c1-19(2,3)13-4-6-15(7-5-13)25(21,22)16-8-9-18(17(20)10-16)24-12-14-11-23-14/h4-10,14H,11-12H2,1-3H3. The summed E-state index contributed by atoms with van der Waals surface area (Å²) in [5.74, 6) is 0.609. The molecule has 134 valence electrons. The molecule has 2 aromatic rings. The van der Waals surface area contributed by atoms with E-state index in [1.54, 1.807) is 30.3 Å². The fraction of sp³-hybridized carbons (Fsp3) is 0.368. The molecule has 1 aliphatic heterocycles. The van der Waals surface area contributed by atoms with Crippen molar-refractivity contribution in [3.8, 4) is 5.75 Å². The molecule has 1 unspecified atom stereocenters. The van der Waals surface area contributed by atoms with Gasteiger partial charge in [-0.2, -0.15) is 0 Å². The van der Waals surface area contributed by atoms with Gasteiger partial charge in [-0.15, -0.1) is 0 Å². The zero-order valence-electron chi connectivity index (χ0n) is 14.5. The van der Waals surface area contributed by atoms with Gasteiger partial charge in [-0.1, -0.05) is 32.9 Å². The van der Waals surface area contributed by atoms with E-state index in [-0.39, 0.29) is 21.3 Å². The number of ether oxygens (including phenoxy) is 2. The molecule has 1 aliphatic rings. The quantitative estimate of drug-likeness (QED) is 0.669. The molecule has 0 aromatic heterocycles. The van der Waals surface area contributed by atoms with Crippen molar-refractivity contribution in [3.63, 3.8) is 0 Å². The summed E-state index contributed by atoms with van der Waals surface area (Å²) in [6.07, 6.45) is 0.150. The largest absolute Gasteiger partial charge is 0.490 e. The molecule has 0 radical (unpaired) electrons. The summed E-state index contributed by atoms with van der Waals surface area (Å²) < 4.78 is 37.0. The van der Waals surface area contributed by atoms with Gasteiger partial charge in [-0.3, -0.25) is 0 Å². The van der Waals surface area contributed by atoms with E-state index in [4.69, 9.17) is 9.47 Å². The van der Waals surface area contributed by atoms with Crippen LogP contribution in [0.4, 0.5) is 0 Å². The average molecular weight is 425 g/mol. The van der Waals surface area contributed by atoms with Crippen LogP contribution in [0.25, 0.3) is 0 Å². The predicted molar refractivity (Wildman–Crippen MR) is 100.0 cm³/mol. The smallest absolute Gasteiger partial charge is 0.206 e. The van der Waals surface area contributed by atoms with Crippen LogP contribution in [-0.4, -0.2) is 27.7 Å². The van der Waals surface area contributed by atoms with Crippen LogP contribution in [0.3, 0.4) is 0 Å². The lowest BCUT2D eigenvalue weighted by atomic mass is 9.87. The number of sulfone groups is 1. The normalized spacial score (nSPS) is 17.4. The number of rotatable bonds is 5. The molecule has 0 aliphatic carbocycles. The molecule has 0 N–H and O–H groups in total.